The summed E-state index contributed by atoms with van der Waals surface area (Å²) in [5.74, 6) is -0.918. The Morgan fingerprint density at radius 2 is 2.12 bits per heavy atom. The van der Waals surface area contributed by atoms with Gasteiger partial charge < -0.3 is 14.5 Å². The maximum atomic E-state index is 11.5. The van der Waals surface area contributed by atoms with Gasteiger partial charge in [0, 0.05) is 17.5 Å². The molecular formula is C16H15IN2O5S. The van der Waals surface area contributed by atoms with Gasteiger partial charge in [0.2, 0.25) is 0 Å². The number of thiophene rings is 1. The van der Waals surface area contributed by atoms with Crippen LogP contribution < -0.4 is 10.6 Å². The van der Waals surface area contributed by atoms with Gasteiger partial charge in [0.05, 0.1) is 0 Å². The van der Waals surface area contributed by atoms with Crippen molar-refractivity contribution >= 4 is 57.9 Å². The summed E-state index contributed by atoms with van der Waals surface area (Å²) >= 11 is 3.59. The zero-order valence-electron chi connectivity index (χ0n) is 13.0. The van der Waals surface area contributed by atoms with Gasteiger partial charge in [0.1, 0.15) is 5.76 Å². The smallest absolute Gasteiger partial charge is 0.331 e. The second kappa shape index (κ2) is 9.99. The van der Waals surface area contributed by atoms with E-state index in [1.165, 1.54) is 6.08 Å². The number of carbonyl (C=O) groups is 3. The van der Waals surface area contributed by atoms with E-state index >= 15 is 0 Å². The van der Waals surface area contributed by atoms with Crippen molar-refractivity contribution in [2.75, 3.05) is 13.2 Å². The van der Waals surface area contributed by atoms with Crippen LogP contribution in [0.25, 0.3) is 6.08 Å². The highest BCUT2D eigenvalue weighted by atomic mass is 127. The fourth-order valence-electron chi connectivity index (χ4n) is 1.71. The Hall–Kier alpha value is -2.14. The predicted molar refractivity (Wildman–Crippen MR) is 101 cm³/mol. The van der Waals surface area contributed by atoms with Crippen molar-refractivity contribution < 1.29 is 23.5 Å². The van der Waals surface area contributed by atoms with Crippen molar-refractivity contribution in [2.24, 2.45) is 0 Å². The normalized spacial score (nSPS) is 10.6. The molecule has 2 aromatic heterocycles. The number of rotatable bonds is 7. The van der Waals surface area contributed by atoms with Gasteiger partial charge in [-0.2, -0.15) is 0 Å². The van der Waals surface area contributed by atoms with Crippen LogP contribution in [0.15, 0.2) is 40.1 Å². The van der Waals surface area contributed by atoms with Crippen LogP contribution in [-0.2, 0) is 20.7 Å². The minimum atomic E-state index is -0.709. The second-order valence-corrected chi connectivity index (χ2v) is 6.81. The van der Waals surface area contributed by atoms with Crippen molar-refractivity contribution in [3.05, 3.63) is 50.1 Å². The van der Waals surface area contributed by atoms with Crippen molar-refractivity contribution in [3.63, 3.8) is 0 Å². The highest BCUT2D eigenvalue weighted by molar-refractivity contribution is 14.1. The van der Waals surface area contributed by atoms with E-state index in [0.29, 0.717) is 22.5 Å². The molecule has 132 valence electrons. The summed E-state index contributed by atoms with van der Waals surface area (Å²) in [6.45, 7) is -0.138. The van der Waals surface area contributed by atoms with Crippen LogP contribution in [0.2, 0.25) is 0 Å². The van der Waals surface area contributed by atoms with E-state index in [1.807, 2.05) is 40.1 Å². The fourth-order valence-corrected chi connectivity index (χ4v) is 2.86. The lowest BCUT2D eigenvalue weighted by atomic mass is 10.3. The fraction of sp³-hybridized carbons (Fsp3) is 0.188. The Bertz CT molecular complexity index is 754. The van der Waals surface area contributed by atoms with Crippen LogP contribution in [0.5, 0.6) is 0 Å². The Morgan fingerprint density at radius 1 is 1.28 bits per heavy atom. The quantitative estimate of drug-likeness (QED) is 0.365. The van der Waals surface area contributed by atoms with Crippen molar-refractivity contribution in [1.29, 1.82) is 0 Å². The molecule has 2 rings (SSSR count). The molecule has 0 spiro atoms. The Labute approximate surface area is 161 Å². The lowest BCUT2D eigenvalue weighted by Gasteiger charge is -2.06. The minimum Gasteiger partial charge on any atom is -0.452 e. The molecule has 0 saturated carbocycles. The summed E-state index contributed by atoms with van der Waals surface area (Å²) in [6, 6.07) is 6.71. The van der Waals surface area contributed by atoms with E-state index in [-0.39, 0.29) is 0 Å². The first kappa shape index (κ1) is 19.2. The number of amides is 3. The maximum Gasteiger partial charge on any atom is 0.331 e. The Balaban J connectivity index is 1.61. The number of hydrogen-bond acceptors (Lipinski definition) is 6. The molecule has 0 saturated heterocycles. The third-order valence-electron chi connectivity index (χ3n) is 2.81. The Kier molecular flexibility index (Phi) is 7.67. The molecular weight excluding hydrogens is 459 g/mol. The molecule has 2 N–H and O–H groups in total. The molecule has 0 radical (unpaired) electrons. The predicted octanol–water partition coefficient (Wildman–Crippen LogP) is 2.57. The van der Waals surface area contributed by atoms with Crippen molar-refractivity contribution in [1.82, 2.24) is 10.6 Å². The molecule has 7 nitrogen and oxygen atoms in total. The molecule has 3 amide bonds. The third kappa shape index (κ3) is 7.52. The standard InChI is InChI=1S/C16H15IN2O5S/c17-13-5-3-11(24-13)4-6-15(21)23-10-14(20)19-16(22)18-8-7-12-2-1-9-25-12/h1-6,9H,7-8,10H2,(H2,18,19,20,22)/b6-4+. The summed E-state index contributed by atoms with van der Waals surface area (Å²) < 4.78 is 10.7. The number of halogens is 1. The van der Waals surface area contributed by atoms with Gasteiger partial charge in [-0.15, -0.1) is 11.3 Å². The van der Waals surface area contributed by atoms with Crippen molar-refractivity contribution in [2.45, 2.75) is 6.42 Å². The molecule has 2 aromatic rings. The van der Waals surface area contributed by atoms with E-state index in [4.69, 9.17) is 9.15 Å². The van der Waals surface area contributed by atoms with Gasteiger partial charge in [0.15, 0.2) is 10.4 Å². The van der Waals surface area contributed by atoms with E-state index in [2.05, 4.69) is 10.6 Å². The summed E-state index contributed by atoms with van der Waals surface area (Å²) in [4.78, 5) is 35.7. The molecule has 0 fully saturated rings. The van der Waals surface area contributed by atoms with Crippen LogP contribution in [0.4, 0.5) is 4.79 Å². The van der Waals surface area contributed by atoms with Gasteiger partial charge in [-0.05, 0) is 58.7 Å². The number of hydrogen-bond donors (Lipinski definition) is 2. The van der Waals surface area contributed by atoms with Crippen LogP contribution >= 0.6 is 33.9 Å². The van der Waals surface area contributed by atoms with Crippen molar-refractivity contribution in [3.8, 4) is 0 Å². The first-order valence-corrected chi connectivity index (χ1v) is 9.19. The largest absolute Gasteiger partial charge is 0.452 e. The van der Waals surface area contributed by atoms with Gasteiger partial charge in [-0.25, -0.2) is 9.59 Å². The lowest BCUT2D eigenvalue weighted by molar-refractivity contribution is -0.143. The molecule has 25 heavy (non-hydrogen) atoms. The number of furan rings is 1. The summed E-state index contributed by atoms with van der Waals surface area (Å²) in [5, 5.41) is 6.60. The molecule has 2 heterocycles. The van der Waals surface area contributed by atoms with Crippen LogP contribution in [0, 0.1) is 3.77 Å². The Morgan fingerprint density at radius 3 is 2.80 bits per heavy atom. The first-order chi connectivity index (χ1) is 12.0. The summed E-state index contributed by atoms with van der Waals surface area (Å²) in [6.07, 6.45) is 3.26. The number of esters is 1. The first-order valence-electron chi connectivity index (χ1n) is 7.23. The number of urea groups is 1. The highest BCUT2D eigenvalue weighted by Gasteiger charge is 2.09. The molecule has 0 aliphatic carbocycles. The van der Waals surface area contributed by atoms with Gasteiger partial charge in [-0.3, -0.25) is 10.1 Å². The number of nitrogens with one attached hydrogen (secondary N) is 2. The SMILES string of the molecule is O=C(COC(=O)/C=C/c1ccc(I)o1)NC(=O)NCCc1cccs1. The minimum absolute atomic E-state index is 0.407. The second-order valence-electron chi connectivity index (χ2n) is 4.72. The van der Waals surface area contributed by atoms with Gasteiger partial charge in [-0.1, -0.05) is 6.07 Å². The molecule has 0 aliphatic heterocycles. The van der Waals surface area contributed by atoms with Crippen LogP contribution in [0.1, 0.15) is 10.6 Å². The lowest BCUT2D eigenvalue weighted by Crippen LogP contribution is -2.42. The van der Waals surface area contributed by atoms with Crippen LogP contribution in [0.3, 0.4) is 0 Å². The number of carbonyl (C=O) groups excluding carboxylic acids is 3. The summed E-state index contributed by atoms with van der Waals surface area (Å²) in [7, 11) is 0. The van der Waals surface area contributed by atoms with Crippen LogP contribution in [-0.4, -0.2) is 31.1 Å². The molecule has 9 heteroatoms. The van der Waals surface area contributed by atoms with E-state index < -0.39 is 24.5 Å². The molecule has 0 aliphatic rings. The monoisotopic (exact) mass is 474 g/mol. The van der Waals surface area contributed by atoms with E-state index in [0.717, 1.165) is 11.0 Å². The number of ether oxygens (including phenoxy) is 1. The molecule has 0 atom stereocenters. The zero-order valence-corrected chi connectivity index (χ0v) is 16.0. The number of imide groups is 1. The average molecular weight is 474 g/mol. The van der Waals surface area contributed by atoms with E-state index in [9.17, 15) is 14.4 Å². The molecule has 0 bridgehead atoms. The third-order valence-corrected chi connectivity index (χ3v) is 4.33. The maximum absolute atomic E-state index is 11.5. The molecule has 0 unspecified atom stereocenters. The zero-order chi connectivity index (χ0) is 18.1. The topological polar surface area (TPSA) is 97.6 Å². The van der Waals surface area contributed by atoms with Gasteiger partial charge >= 0.3 is 12.0 Å². The molecule has 0 aromatic carbocycles. The highest BCUT2D eigenvalue weighted by Crippen LogP contribution is 2.11. The average Bonchev–Trinajstić information content (AvgIpc) is 3.22. The van der Waals surface area contributed by atoms with E-state index in [1.54, 1.807) is 23.5 Å². The van der Waals surface area contributed by atoms with Gasteiger partial charge in [0.25, 0.3) is 5.91 Å². The summed E-state index contributed by atoms with van der Waals surface area (Å²) in [5.41, 5.74) is 0.